The molecule has 0 unspecified atom stereocenters. The Kier molecular flexibility index (Phi) is 6.03. The zero-order chi connectivity index (χ0) is 25.1. The number of fused-ring (bicyclic) bond motifs is 1. The highest BCUT2D eigenvalue weighted by atomic mass is 32.2. The Bertz CT molecular complexity index is 1310. The summed E-state index contributed by atoms with van der Waals surface area (Å²) in [5, 5.41) is 4.87. The number of halogens is 3. The minimum atomic E-state index is -5.85. The zero-order valence-electron chi connectivity index (χ0n) is 19.9. The Balaban J connectivity index is 2.38. The molecule has 10 heteroatoms. The highest BCUT2D eigenvalue weighted by Crippen LogP contribution is 2.42. The van der Waals surface area contributed by atoms with Crippen LogP contribution < -0.4 is 9.37 Å². The van der Waals surface area contributed by atoms with Crippen molar-refractivity contribution in [3.63, 3.8) is 0 Å². The van der Waals surface area contributed by atoms with Crippen LogP contribution in [-0.4, -0.2) is 27.2 Å². The quantitative estimate of drug-likeness (QED) is 0.237. The van der Waals surface area contributed by atoms with Crippen LogP contribution in [0.1, 0.15) is 37.5 Å². The van der Waals surface area contributed by atoms with E-state index in [0.29, 0.717) is 16.3 Å². The van der Waals surface area contributed by atoms with E-state index in [0.717, 1.165) is 22.3 Å². The van der Waals surface area contributed by atoms with Gasteiger partial charge in [0.05, 0.1) is 8.07 Å². The number of hydrogen-bond donors (Lipinski definition) is 0. The standard InChI is InChI=1S/C23H28F3NO4SSi/c1-13-11-14(2)18(15(3)12-13)19-16-9-10-17(31-32(28,29)23(24,25)26)21(20(16)30-27-19)33(7,8)22(4,5)6/h9-12H,1-8H3. The molecule has 2 aromatic carbocycles. The van der Waals surface area contributed by atoms with Gasteiger partial charge in [-0.15, -0.1) is 0 Å². The number of nitrogens with zero attached hydrogens (tertiary/aromatic N) is 1. The van der Waals surface area contributed by atoms with E-state index in [9.17, 15) is 21.6 Å². The van der Waals surface area contributed by atoms with Gasteiger partial charge < -0.3 is 8.71 Å². The molecule has 0 aliphatic carbocycles. The Morgan fingerprint density at radius 2 is 1.55 bits per heavy atom. The minimum absolute atomic E-state index is 0.255. The van der Waals surface area contributed by atoms with Crippen molar-refractivity contribution < 1.29 is 30.3 Å². The average Bonchev–Trinajstić information content (AvgIpc) is 3.01. The zero-order valence-corrected chi connectivity index (χ0v) is 21.7. The molecule has 0 bridgehead atoms. The van der Waals surface area contributed by atoms with Gasteiger partial charge in [0.25, 0.3) is 0 Å². The van der Waals surface area contributed by atoms with Crippen molar-refractivity contribution in [2.75, 3.05) is 0 Å². The third-order valence-corrected chi connectivity index (χ3v) is 12.9. The molecule has 0 saturated carbocycles. The minimum Gasteiger partial charge on any atom is -0.376 e. The lowest BCUT2D eigenvalue weighted by molar-refractivity contribution is -0.0499. The van der Waals surface area contributed by atoms with Gasteiger partial charge >= 0.3 is 15.6 Å². The van der Waals surface area contributed by atoms with Crippen LogP contribution in [-0.2, 0) is 10.1 Å². The van der Waals surface area contributed by atoms with E-state index in [1.165, 1.54) is 12.1 Å². The monoisotopic (exact) mass is 499 g/mol. The van der Waals surface area contributed by atoms with Crippen LogP contribution in [0.2, 0.25) is 18.1 Å². The molecular weight excluding hydrogens is 471 g/mol. The second-order valence-corrected chi connectivity index (χ2v) is 16.8. The number of aromatic nitrogens is 1. The fraction of sp³-hybridized carbons (Fsp3) is 0.435. The van der Waals surface area contributed by atoms with Gasteiger partial charge in [0, 0.05) is 16.1 Å². The summed E-state index contributed by atoms with van der Waals surface area (Å²) in [5.74, 6) is -0.369. The maximum absolute atomic E-state index is 13.1. The lowest BCUT2D eigenvalue weighted by Crippen LogP contribution is -2.50. The molecule has 0 aliphatic rings. The molecule has 3 rings (SSSR count). The summed E-state index contributed by atoms with van der Waals surface area (Å²) < 4.78 is 73.4. The average molecular weight is 500 g/mol. The summed E-state index contributed by atoms with van der Waals surface area (Å²) in [6.45, 7) is 15.7. The Labute approximate surface area is 193 Å². The van der Waals surface area contributed by atoms with Gasteiger partial charge in [0.1, 0.15) is 11.4 Å². The normalized spacial score (nSPS) is 13.5. The molecule has 1 aromatic heterocycles. The predicted octanol–water partition coefficient (Wildman–Crippen LogP) is 6.36. The van der Waals surface area contributed by atoms with Crippen molar-refractivity contribution in [3.8, 4) is 17.0 Å². The van der Waals surface area contributed by atoms with Gasteiger partial charge in [0.15, 0.2) is 5.58 Å². The van der Waals surface area contributed by atoms with Crippen molar-refractivity contribution in [3.05, 3.63) is 41.0 Å². The molecule has 33 heavy (non-hydrogen) atoms. The van der Waals surface area contributed by atoms with Crippen LogP contribution in [0.3, 0.4) is 0 Å². The van der Waals surface area contributed by atoms with Crippen LogP contribution in [0.4, 0.5) is 13.2 Å². The summed E-state index contributed by atoms with van der Waals surface area (Å²) in [6.07, 6.45) is 0. The van der Waals surface area contributed by atoms with Crippen LogP contribution in [0.25, 0.3) is 22.2 Å². The SMILES string of the molecule is Cc1cc(C)c(-c2noc3c([Si](C)(C)C(C)(C)C)c(OS(=O)(=O)C(F)(F)F)ccc23)c(C)c1. The van der Waals surface area contributed by atoms with Gasteiger partial charge in [-0.25, -0.2) is 0 Å². The highest BCUT2D eigenvalue weighted by Gasteiger charge is 2.50. The van der Waals surface area contributed by atoms with E-state index in [-0.39, 0.29) is 16.4 Å². The van der Waals surface area contributed by atoms with Crippen molar-refractivity contribution in [2.24, 2.45) is 0 Å². The van der Waals surface area contributed by atoms with E-state index in [4.69, 9.17) is 4.52 Å². The predicted molar refractivity (Wildman–Crippen MR) is 126 cm³/mol. The fourth-order valence-electron chi connectivity index (χ4n) is 3.92. The molecule has 0 spiro atoms. The molecule has 0 radical (unpaired) electrons. The summed E-state index contributed by atoms with van der Waals surface area (Å²) >= 11 is 0. The van der Waals surface area contributed by atoms with Crippen LogP contribution >= 0.6 is 0 Å². The van der Waals surface area contributed by atoms with Crippen LogP contribution in [0.5, 0.6) is 5.75 Å². The Hall–Kier alpha value is -2.33. The van der Waals surface area contributed by atoms with Gasteiger partial charge in [-0.05, 0) is 49.1 Å². The highest BCUT2D eigenvalue weighted by molar-refractivity contribution is 7.88. The van der Waals surface area contributed by atoms with Gasteiger partial charge in [-0.2, -0.15) is 21.6 Å². The molecule has 1 heterocycles. The smallest absolute Gasteiger partial charge is 0.376 e. The second kappa shape index (κ2) is 7.87. The van der Waals surface area contributed by atoms with Gasteiger partial charge in [-0.1, -0.05) is 56.7 Å². The van der Waals surface area contributed by atoms with Crippen molar-refractivity contribution in [1.29, 1.82) is 0 Å². The molecule has 0 atom stereocenters. The molecule has 180 valence electrons. The first-order chi connectivity index (χ1) is 14.9. The van der Waals surface area contributed by atoms with E-state index < -0.39 is 23.7 Å². The summed E-state index contributed by atoms with van der Waals surface area (Å²) in [5.41, 5.74) is -0.798. The molecule has 0 saturated heterocycles. The van der Waals surface area contributed by atoms with E-state index in [1.807, 2.05) is 66.8 Å². The third kappa shape index (κ3) is 4.30. The Morgan fingerprint density at radius 1 is 1.00 bits per heavy atom. The maximum atomic E-state index is 13.1. The second-order valence-electron chi connectivity index (χ2n) is 9.98. The summed E-state index contributed by atoms with van der Waals surface area (Å²) in [4.78, 5) is 0. The van der Waals surface area contributed by atoms with Gasteiger partial charge in [-0.3, -0.25) is 0 Å². The first-order valence-electron chi connectivity index (χ1n) is 10.4. The molecule has 0 amide bonds. The van der Waals surface area contributed by atoms with E-state index in [1.54, 1.807) is 0 Å². The van der Waals surface area contributed by atoms with E-state index in [2.05, 4.69) is 9.34 Å². The first-order valence-corrected chi connectivity index (χ1v) is 14.8. The van der Waals surface area contributed by atoms with Crippen molar-refractivity contribution >= 4 is 34.3 Å². The number of aryl methyl sites for hydroxylation is 3. The summed E-state index contributed by atoms with van der Waals surface area (Å²) in [6, 6.07) is 6.83. The van der Waals surface area contributed by atoms with Crippen LogP contribution in [0, 0.1) is 20.8 Å². The first kappa shape index (κ1) is 25.3. The Morgan fingerprint density at radius 3 is 2.03 bits per heavy atom. The lowest BCUT2D eigenvalue weighted by Gasteiger charge is -2.37. The molecule has 0 aliphatic heterocycles. The van der Waals surface area contributed by atoms with E-state index >= 15 is 0 Å². The van der Waals surface area contributed by atoms with Crippen LogP contribution in [0.15, 0.2) is 28.8 Å². The van der Waals surface area contributed by atoms with Crippen molar-refractivity contribution in [1.82, 2.24) is 5.16 Å². The molecule has 3 aromatic rings. The molecule has 0 N–H and O–H groups in total. The molecule has 5 nitrogen and oxygen atoms in total. The largest absolute Gasteiger partial charge is 0.534 e. The van der Waals surface area contributed by atoms with Crippen molar-refractivity contribution in [2.45, 2.75) is 65.2 Å². The topological polar surface area (TPSA) is 69.4 Å². The lowest BCUT2D eigenvalue weighted by atomic mass is 9.96. The number of alkyl halides is 3. The number of benzene rings is 2. The summed E-state index contributed by atoms with van der Waals surface area (Å²) in [7, 11) is -8.51. The molecular formula is C23H28F3NO4SSi. The fourth-order valence-corrected chi connectivity index (χ4v) is 6.71. The molecule has 0 fully saturated rings. The number of hydrogen-bond acceptors (Lipinski definition) is 5. The maximum Gasteiger partial charge on any atom is 0.534 e. The number of rotatable bonds is 4. The third-order valence-electron chi connectivity index (χ3n) is 6.50. The van der Waals surface area contributed by atoms with Gasteiger partial charge in [0.2, 0.25) is 0 Å².